The van der Waals surface area contributed by atoms with E-state index >= 15 is 0 Å². The summed E-state index contributed by atoms with van der Waals surface area (Å²) in [6.07, 6.45) is 16.8. The van der Waals surface area contributed by atoms with E-state index in [9.17, 15) is 20.1 Å². The Hall–Kier alpha value is -0.650. The van der Waals surface area contributed by atoms with Crippen LogP contribution in [-0.2, 0) is 4.79 Å². The number of rotatable bonds is 21. The van der Waals surface area contributed by atoms with Crippen LogP contribution in [-0.4, -0.2) is 46.1 Å². The maximum absolute atomic E-state index is 11.9. The molecule has 4 N–H and O–H groups in total. The lowest BCUT2D eigenvalue weighted by atomic mass is 9.99. The number of aliphatic hydroxyl groups excluding tert-OH is 3. The lowest BCUT2D eigenvalue weighted by molar-refractivity contribution is -0.124. The van der Waals surface area contributed by atoms with Gasteiger partial charge in [0.15, 0.2) is 0 Å². The highest BCUT2D eigenvalue weighted by Crippen LogP contribution is 2.14. The Kier molecular flexibility index (Phi) is 20.2. The average Bonchev–Trinajstić information content (AvgIpc) is 2.72. The zero-order valence-corrected chi connectivity index (χ0v) is 19.2. The molecule has 0 aliphatic carbocycles. The summed E-state index contributed by atoms with van der Waals surface area (Å²) in [5.74, 6) is -0.172. The topological polar surface area (TPSA) is 89.8 Å². The van der Waals surface area contributed by atoms with Gasteiger partial charge in [0.05, 0.1) is 18.8 Å². The predicted octanol–water partition coefficient (Wildman–Crippen LogP) is 4.86. The summed E-state index contributed by atoms with van der Waals surface area (Å²) in [6, 6.07) is -0.795. The Morgan fingerprint density at radius 2 is 1.17 bits per heavy atom. The summed E-state index contributed by atoms with van der Waals surface area (Å²) in [5.41, 5.74) is 0. The second-order valence-corrected chi connectivity index (χ2v) is 8.55. The van der Waals surface area contributed by atoms with E-state index in [1.54, 1.807) is 0 Å². The van der Waals surface area contributed by atoms with Gasteiger partial charge in [-0.2, -0.15) is 0 Å². The van der Waals surface area contributed by atoms with Gasteiger partial charge in [-0.3, -0.25) is 4.79 Å². The third kappa shape index (κ3) is 16.8. The maximum Gasteiger partial charge on any atom is 0.220 e. The summed E-state index contributed by atoms with van der Waals surface area (Å²) in [4.78, 5) is 11.9. The maximum atomic E-state index is 11.9. The lowest BCUT2D eigenvalue weighted by Gasteiger charge is -2.26. The van der Waals surface area contributed by atoms with E-state index in [-0.39, 0.29) is 12.5 Å². The molecule has 0 heterocycles. The van der Waals surface area contributed by atoms with Crippen molar-refractivity contribution in [3.8, 4) is 0 Å². The Morgan fingerprint density at radius 1 is 0.724 bits per heavy atom. The van der Waals surface area contributed by atoms with Crippen LogP contribution in [0, 0.1) is 0 Å². The minimum atomic E-state index is -1.12. The van der Waals surface area contributed by atoms with Crippen LogP contribution < -0.4 is 5.32 Å². The van der Waals surface area contributed by atoms with Gasteiger partial charge in [0.25, 0.3) is 0 Å². The van der Waals surface area contributed by atoms with Crippen molar-refractivity contribution in [1.82, 2.24) is 5.32 Å². The number of unbranched alkanes of at least 4 members (excludes halogenated alkanes) is 13. The smallest absolute Gasteiger partial charge is 0.220 e. The first-order valence-corrected chi connectivity index (χ1v) is 12.3. The summed E-state index contributed by atoms with van der Waals surface area (Å²) in [6.45, 7) is 3.96. The monoisotopic (exact) mass is 415 g/mol. The molecule has 0 aliphatic rings. The molecule has 0 saturated heterocycles. The van der Waals surface area contributed by atoms with Crippen molar-refractivity contribution in [2.75, 3.05) is 6.61 Å². The van der Waals surface area contributed by atoms with Crippen LogP contribution in [0.2, 0.25) is 0 Å². The average molecular weight is 416 g/mol. The SMILES string of the molecule is CCCCCCCCCCCCCC[C@@H](O)C(O)[C@H](CO)NC(=O)CCCCC. The Bertz CT molecular complexity index is 365. The molecule has 0 bridgehead atoms. The number of hydrogen-bond acceptors (Lipinski definition) is 4. The van der Waals surface area contributed by atoms with Crippen molar-refractivity contribution < 1.29 is 20.1 Å². The van der Waals surface area contributed by atoms with Crippen LogP contribution in [0.25, 0.3) is 0 Å². The van der Waals surface area contributed by atoms with Gasteiger partial charge in [0.2, 0.25) is 5.91 Å². The third-order valence-corrected chi connectivity index (χ3v) is 5.71. The van der Waals surface area contributed by atoms with Crippen LogP contribution in [0.1, 0.15) is 123 Å². The summed E-state index contributed by atoms with van der Waals surface area (Å²) in [7, 11) is 0. The quantitative estimate of drug-likeness (QED) is 0.202. The van der Waals surface area contributed by atoms with E-state index in [0.717, 1.165) is 38.5 Å². The number of amides is 1. The van der Waals surface area contributed by atoms with E-state index in [1.807, 2.05) is 0 Å². The van der Waals surface area contributed by atoms with Gasteiger partial charge in [0.1, 0.15) is 6.10 Å². The minimum Gasteiger partial charge on any atom is -0.394 e. The van der Waals surface area contributed by atoms with Gasteiger partial charge < -0.3 is 20.6 Å². The fraction of sp³-hybridized carbons (Fsp3) is 0.958. The molecular formula is C24H49NO4. The van der Waals surface area contributed by atoms with Crippen LogP contribution in [0.5, 0.6) is 0 Å². The van der Waals surface area contributed by atoms with Crippen LogP contribution in [0.4, 0.5) is 0 Å². The first-order chi connectivity index (χ1) is 14.1. The Labute approximate surface area is 179 Å². The molecule has 174 valence electrons. The second-order valence-electron chi connectivity index (χ2n) is 8.55. The fourth-order valence-corrected chi connectivity index (χ4v) is 3.69. The molecule has 0 aromatic heterocycles. The molecule has 0 radical (unpaired) electrons. The fourth-order valence-electron chi connectivity index (χ4n) is 3.69. The van der Waals surface area contributed by atoms with E-state index in [0.29, 0.717) is 12.8 Å². The number of carbonyl (C=O) groups excluding carboxylic acids is 1. The number of carbonyl (C=O) groups is 1. The van der Waals surface area contributed by atoms with Gasteiger partial charge in [-0.15, -0.1) is 0 Å². The van der Waals surface area contributed by atoms with Crippen LogP contribution >= 0.6 is 0 Å². The van der Waals surface area contributed by atoms with E-state index < -0.39 is 18.2 Å². The van der Waals surface area contributed by atoms with Crippen molar-refractivity contribution in [1.29, 1.82) is 0 Å². The molecule has 0 rings (SSSR count). The number of nitrogens with one attached hydrogen (secondary N) is 1. The minimum absolute atomic E-state index is 0.172. The second kappa shape index (κ2) is 20.6. The molecule has 0 saturated carbocycles. The molecule has 3 atom stereocenters. The highest BCUT2D eigenvalue weighted by atomic mass is 16.3. The van der Waals surface area contributed by atoms with Crippen molar-refractivity contribution in [2.24, 2.45) is 0 Å². The number of aliphatic hydroxyl groups is 3. The van der Waals surface area contributed by atoms with Gasteiger partial charge in [0, 0.05) is 6.42 Å². The zero-order chi connectivity index (χ0) is 21.7. The largest absolute Gasteiger partial charge is 0.394 e. The standard InChI is InChI=1S/C24H49NO4/c1-3-5-7-8-9-10-11-12-13-14-15-17-18-22(27)24(29)21(20-26)25-23(28)19-16-6-4-2/h21-22,24,26-27,29H,3-20H2,1-2H3,(H,25,28)/t21-,22+,24?/m0/s1. The van der Waals surface area contributed by atoms with Crippen molar-refractivity contribution in [3.05, 3.63) is 0 Å². The highest BCUT2D eigenvalue weighted by molar-refractivity contribution is 5.76. The van der Waals surface area contributed by atoms with E-state index in [1.165, 1.54) is 57.8 Å². The third-order valence-electron chi connectivity index (χ3n) is 5.71. The Balaban J connectivity index is 3.72. The van der Waals surface area contributed by atoms with E-state index in [4.69, 9.17) is 0 Å². The molecule has 29 heavy (non-hydrogen) atoms. The summed E-state index contributed by atoms with van der Waals surface area (Å²) >= 11 is 0. The molecule has 0 fully saturated rings. The van der Waals surface area contributed by atoms with Gasteiger partial charge in [-0.1, -0.05) is 104 Å². The van der Waals surface area contributed by atoms with Crippen LogP contribution in [0.3, 0.4) is 0 Å². The summed E-state index contributed by atoms with van der Waals surface area (Å²) in [5, 5.41) is 32.6. The molecule has 0 aliphatic heterocycles. The molecule has 0 spiro atoms. The first-order valence-electron chi connectivity index (χ1n) is 12.3. The van der Waals surface area contributed by atoms with Gasteiger partial charge in [-0.25, -0.2) is 0 Å². The lowest BCUT2D eigenvalue weighted by Crippen LogP contribution is -2.50. The molecular weight excluding hydrogens is 366 g/mol. The van der Waals surface area contributed by atoms with Gasteiger partial charge >= 0.3 is 0 Å². The molecule has 1 amide bonds. The van der Waals surface area contributed by atoms with Crippen molar-refractivity contribution in [2.45, 2.75) is 141 Å². The predicted molar refractivity (Wildman–Crippen MR) is 121 cm³/mol. The molecule has 1 unspecified atom stereocenters. The zero-order valence-electron chi connectivity index (χ0n) is 19.2. The number of hydrogen-bond donors (Lipinski definition) is 4. The van der Waals surface area contributed by atoms with Gasteiger partial charge in [-0.05, 0) is 12.8 Å². The normalized spacial score (nSPS) is 14.5. The Morgan fingerprint density at radius 3 is 1.66 bits per heavy atom. The first kappa shape index (κ1) is 28.4. The molecule has 5 heteroatoms. The molecule has 0 aromatic rings. The van der Waals surface area contributed by atoms with Crippen LogP contribution in [0.15, 0.2) is 0 Å². The summed E-state index contributed by atoms with van der Waals surface area (Å²) < 4.78 is 0. The van der Waals surface area contributed by atoms with E-state index in [2.05, 4.69) is 19.2 Å². The van der Waals surface area contributed by atoms with Crippen molar-refractivity contribution >= 4 is 5.91 Å². The molecule has 0 aromatic carbocycles. The van der Waals surface area contributed by atoms with Crippen molar-refractivity contribution in [3.63, 3.8) is 0 Å². The highest BCUT2D eigenvalue weighted by Gasteiger charge is 2.26. The molecule has 5 nitrogen and oxygen atoms in total.